The Hall–Kier alpha value is -2.89. The molecular weight excluding hydrogens is 346 g/mol. The topological polar surface area (TPSA) is 81.7 Å². The van der Waals surface area contributed by atoms with Crippen LogP contribution in [-0.4, -0.2) is 30.6 Å². The lowest BCUT2D eigenvalue weighted by atomic mass is 9.95. The summed E-state index contributed by atoms with van der Waals surface area (Å²) in [4.78, 5) is 36.0. The number of benzene rings is 2. The fourth-order valence-corrected chi connectivity index (χ4v) is 2.78. The number of fused-ring (bicyclic) bond motifs is 1. The fraction of sp³-hybridized carbons (Fsp3) is 0.381. The SMILES string of the molecule is COC(=O)CC(=O)CC(NC(=O)OC(C)(C)C)c1cccc2ccccc12. The minimum atomic E-state index is -0.663. The van der Waals surface area contributed by atoms with Crippen LogP contribution >= 0.6 is 0 Å². The highest BCUT2D eigenvalue weighted by Crippen LogP contribution is 2.27. The van der Waals surface area contributed by atoms with E-state index in [1.165, 1.54) is 7.11 Å². The third kappa shape index (κ3) is 6.09. The van der Waals surface area contributed by atoms with E-state index in [0.717, 1.165) is 16.3 Å². The molecule has 0 spiro atoms. The molecule has 0 fully saturated rings. The Labute approximate surface area is 158 Å². The van der Waals surface area contributed by atoms with Crippen LogP contribution in [0.3, 0.4) is 0 Å². The molecule has 2 aromatic rings. The Kier molecular flexibility index (Phi) is 6.55. The standard InChI is InChI=1S/C21H25NO5/c1-21(2,3)27-20(25)22-18(12-15(23)13-19(24)26-4)17-11-7-9-14-8-5-6-10-16(14)17/h5-11,18H,12-13H2,1-4H3,(H,22,25). The van der Waals surface area contributed by atoms with Gasteiger partial charge < -0.3 is 14.8 Å². The van der Waals surface area contributed by atoms with Crippen molar-refractivity contribution in [2.75, 3.05) is 7.11 Å². The second kappa shape index (κ2) is 8.66. The van der Waals surface area contributed by atoms with E-state index in [1.807, 2.05) is 42.5 Å². The summed E-state index contributed by atoms with van der Waals surface area (Å²) in [5.74, 6) is -0.926. The van der Waals surface area contributed by atoms with Crippen LogP contribution in [0.15, 0.2) is 42.5 Å². The maximum Gasteiger partial charge on any atom is 0.408 e. The van der Waals surface area contributed by atoms with E-state index in [0.29, 0.717) is 0 Å². The first kappa shape index (κ1) is 20.4. The molecule has 6 heteroatoms. The van der Waals surface area contributed by atoms with Crippen molar-refractivity contribution < 1.29 is 23.9 Å². The predicted molar refractivity (Wildman–Crippen MR) is 102 cm³/mol. The average molecular weight is 371 g/mol. The molecule has 1 atom stereocenters. The highest BCUT2D eigenvalue weighted by molar-refractivity contribution is 5.96. The summed E-state index contributed by atoms with van der Waals surface area (Å²) in [6, 6.07) is 12.8. The van der Waals surface area contributed by atoms with E-state index in [1.54, 1.807) is 20.8 Å². The molecule has 0 aliphatic rings. The number of Topliss-reactive ketones (excluding diaryl/α,β-unsaturated/α-hetero) is 1. The molecule has 0 heterocycles. The summed E-state index contributed by atoms with van der Waals surface area (Å²) in [5.41, 5.74) is 0.126. The molecule has 0 radical (unpaired) electrons. The molecule has 2 aromatic carbocycles. The number of hydrogen-bond donors (Lipinski definition) is 1. The minimum Gasteiger partial charge on any atom is -0.469 e. The molecule has 0 saturated carbocycles. The number of ether oxygens (including phenoxy) is 2. The average Bonchev–Trinajstić information content (AvgIpc) is 2.58. The summed E-state index contributed by atoms with van der Waals surface area (Å²) in [6.07, 6.45) is -0.998. The maximum absolute atomic E-state index is 12.3. The number of carbonyl (C=O) groups excluding carboxylic acids is 3. The van der Waals surface area contributed by atoms with Gasteiger partial charge in [0, 0.05) is 6.42 Å². The number of methoxy groups -OCH3 is 1. The summed E-state index contributed by atoms with van der Waals surface area (Å²) in [5, 5.41) is 4.69. The first-order valence-electron chi connectivity index (χ1n) is 8.75. The number of nitrogens with one attached hydrogen (secondary N) is 1. The second-order valence-electron chi connectivity index (χ2n) is 7.26. The van der Waals surface area contributed by atoms with Crippen molar-refractivity contribution >= 4 is 28.6 Å². The van der Waals surface area contributed by atoms with Gasteiger partial charge >= 0.3 is 12.1 Å². The van der Waals surface area contributed by atoms with Gasteiger partial charge in [-0.05, 0) is 37.1 Å². The third-order valence-electron chi connectivity index (χ3n) is 3.89. The number of rotatable bonds is 6. The largest absolute Gasteiger partial charge is 0.469 e. The first-order chi connectivity index (χ1) is 12.7. The van der Waals surface area contributed by atoms with Crippen molar-refractivity contribution in [3.05, 3.63) is 48.0 Å². The summed E-state index contributed by atoms with van der Waals surface area (Å²) in [6.45, 7) is 5.30. The molecule has 27 heavy (non-hydrogen) atoms. The van der Waals surface area contributed by atoms with Gasteiger partial charge in [-0.3, -0.25) is 9.59 Å². The zero-order chi connectivity index (χ0) is 20.0. The van der Waals surface area contributed by atoms with Crippen LogP contribution in [0.4, 0.5) is 4.79 Å². The van der Waals surface area contributed by atoms with Gasteiger partial charge in [0.25, 0.3) is 0 Å². The Morgan fingerprint density at radius 1 is 1.04 bits per heavy atom. The van der Waals surface area contributed by atoms with E-state index >= 15 is 0 Å². The van der Waals surface area contributed by atoms with Crippen LogP contribution in [-0.2, 0) is 19.1 Å². The van der Waals surface area contributed by atoms with E-state index in [-0.39, 0.29) is 18.6 Å². The monoisotopic (exact) mass is 371 g/mol. The molecule has 0 saturated heterocycles. The zero-order valence-corrected chi connectivity index (χ0v) is 16.1. The van der Waals surface area contributed by atoms with Crippen LogP contribution in [0.25, 0.3) is 10.8 Å². The maximum atomic E-state index is 12.3. The molecule has 1 unspecified atom stereocenters. The van der Waals surface area contributed by atoms with Gasteiger partial charge in [0.2, 0.25) is 0 Å². The summed E-state index contributed by atoms with van der Waals surface area (Å²) in [7, 11) is 1.23. The van der Waals surface area contributed by atoms with Gasteiger partial charge in [-0.2, -0.15) is 0 Å². The Morgan fingerprint density at radius 3 is 2.37 bits per heavy atom. The quantitative estimate of drug-likeness (QED) is 0.615. The van der Waals surface area contributed by atoms with Crippen molar-refractivity contribution in [1.82, 2.24) is 5.32 Å². The Bertz CT molecular complexity index is 833. The molecule has 2 rings (SSSR count). The third-order valence-corrected chi connectivity index (χ3v) is 3.89. The van der Waals surface area contributed by atoms with Crippen LogP contribution < -0.4 is 5.32 Å². The molecule has 1 amide bonds. The van der Waals surface area contributed by atoms with E-state index in [9.17, 15) is 14.4 Å². The number of amides is 1. The van der Waals surface area contributed by atoms with Crippen molar-refractivity contribution in [2.45, 2.75) is 45.3 Å². The fourth-order valence-electron chi connectivity index (χ4n) is 2.78. The van der Waals surface area contributed by atoms with Crippen LogP contribution in [0.5, 0.6) is 0 Å². The number of ketones is 1. The molecule has 0 aliphatic carbocycles. The van der Waals surface area contributed by atoms with Gasteiger partial charge in [-0.25, -0.2) is 4.79 Å². The Balaban J connectivity index is 2.32. The van der Waals surface area contributed by atoms with Crippen molar-refractivity contribution in [2.24, 2.45) is 0 Å². The predicted octanol–water partition coefficient (Wildman–Crippen LogP) is 3.93. The molecule has 144 valence electrons. The molecule has 6 nitrogen and oxygen atoms in total. The number of hydrogen-bond acceptors (Lipinski definition) is 5. The lowest BCUT2D eigenvalue weighted by Crippen LogP contribution is -2.36. The number of esters is 1. The number of alkyl carbamates (subject to hydrolysis) is 1. The highest BCUT2D eigenvalue weighted by atomic mass is 16.6. The van der Waals surface area contributed by atoms with Crippen molar-refractivity contribution in [3.63, 3.8) is 0 Å². The van der Waals surface area contributed by atoms with Gasteiger partial charge in [0.1, 0.15) is 17.8 Å². The van der Waals surface area contributed by atoms with E-state index in [4.69, 9.17) is 4.74 Å². The van der Waals surface area contributed by atoms with Crippen molar-refractivity contribution in [1.29, 1.82) is 0 Å². The minimum absolute atomic E-state index is 0.0393. The van der Waals surface area contributed by atoms with Gasteiger partial charge in [-0.1, -0.05) is 42.5 Å². The van der Waals surface area contributed by atoms with Gasteiger partial charge in [-0.15, -0.1) is 0 Å². The number of carbonyl (C=O) groups is 3. The van der Waals surface area contributed by atoms with Crippen LogP contribution in [0.1, 0.15) is 45.2 Å². The van der Waals surface area contributed by atoms with E-state index in [2.05, 4.69) is 10.1 Å². The highest BCUT2D eigenvalue weighted by Gasteiger charge is 2.24. The summed E-state index contributed by atoms with van der Waals surface area (Å²) >= 11 is 0. The molecular formula is C21H25NO5. The van der Waals surface area contributed by atoms with Crippen LogP contribution in [0, 0.1) is 0 Å². The summed E-state index contributed by atoms with van der Waals surface area (Å²) < 4.78 is 9.89. The van der Waals surface area contributed by atoms with Crippen LogP contribution in [0.2, 0.25) is 0 Å². The Morgan fingerprint density at radius 2 is 1.70 bits per heavy atom. The first-order valence-corrected chi connectivity index (χ1v) is 8.75. The van der Waals surface area contributed by atoms with Crippen molar-refractivity contribution in [3.8, 4) is 0 Å². The van der Waals surface area contributed by atoms with Gasteiger partial charge in [0.15, 0.2) is 0 Å². The zero-order valence-electron chi connectivity index (χ0n) is 16.1. The smallest absolute Gasteiger partial charge is 0.408 e. The normalized spacial score (nSPS) is 12.3. The van der Waals surface area contributed by atoms with Gasteiger partial charge in [0.05, 0.1) is 13.2 Å². The molecule has 0 bridgehead atoms. The second-order valence-corrected chi connectivity index (χ2v) is 7.26. The molecule has 1 N–H and O–H groups in total. The molecule has 0 aliphatic heterocycles. The molecule has 0 aromatic heterocycles. The van der Waals surface area contributed by atoms with E-state index < -0.39 is 23.7 Å². The lowest BCUT2D eigenvalue weighted by molar-refractivity contribution is -0.143. The lowest BCUT2D eigenvalue weighted by Gasteiger charge is -2.24.